The van der Waals surface area contributed by atoms with E-state index < -0.39 is 10.1 Å². The molecule has 0 spiro atoms. The number of quaternary nitrogens is 1. The molecule has 0 radical (unpaired) electrons. The number of esters is 1. The van der Waals surface area contributed by atoms with Gasteiger partial charge in [-0.1, -0.05) is 0 Å². The fraction of sp³-hybridized carbons (Fsp3) is 0.562. The number of carbonyl (C=O) groups excluding carboxylic acids is 1. The largest absolute Gasteiger partial charge is 0.469 e. The number of nitrogens with zero attached hydrogens (tertiary/aromatic N) is 1. The summed E-state index contributed by atoms with van der Waals surface area (Å²) in [6.45, 7) is 6.07. The van der Waals surface area contributed by atoms with Gasteiger partial charge in [0.25, 0.3) is 10.1 Å². The Labute approximate surface area is 142 Å². The molecular formula is C16H25N2O5S+. The van der Waals surface area contributed by atoms with Crippen LogP contribution in [0.4, 0.5) is 5.69 Å². The molecule has 2 rings (SSSR count). The molecule has 0 saturated carbocycles. The molecule has 3 N–H and O–H groups in total. The van der Waals surface area contributed by atoms with Crippen molar-refractivity contribution in [3.05, 3.63) is 22.8 Å². The van der Waals surface area contributed by atoms with E-state index >= 15 is 0 Å². The van der Waals surface area contributed by atoms with Crippen molar-refractivity contribution in [2.45, 2.75) is 38.5 Å². The first-order valence-electron chi connectivity index (χ1n) is 7.83. The summed E-state index contributed by atoms with van der Waals surface area (Å²) < 4.78 is 37.9. The van der Waals surface area contributed by atoms with Crippen LogP contribution in [0.3, 0.4) is 0 Å². The van der Waals surface area contributed by atoms with E-state index in [4.69, 9.17) is 10.6 Å². The molecule has 0 amide bonds. The number of ether oxygens (including phenoxy) is 1. The highest BCUT2D eigenvalue weighted by molar-refractivity contribution is 7.86. The van der Waals surface area contributed by atoms with E-state index in [2.05, 4.69) is 0 Å². The normalized spacial score (nSPS) is 24.7. The highest BCUT2D eigenvalue weighted by atomic mass is 32.2. The molecule has 1 aliphatic heterocycles. The molecule has 24 heavy (non-hydrogen) atoms. The Morgan fingerprint density at radius 3 is 2.50 bits per heavy atom. The van der Waals surface area contributed by atoms with Crippen molar-refractivity contribution in [1.29, 1.82) is 0 Å². The molecule has 1 fully saturated rings. The fourth-order valence-electron chi connectivity index (χ4n) is 4.00. The average Bonchev–Trinajstić information content (AvgIpc) is 2.43. The molecule has 134 valence electrons. The number of aryl methyl sites for hydroxylation is 2. The van der Waals surface area contributed by atoms with E-state index in [-0.39, 0.29) is 21.4 Å². The maximum Gasteiger partial charge on any atom is 0.314 e. The van der Waals surface area contributed by atoms with Crippen molar-refractivity contribution in [1.82, 2.24) is 4.59 Å². The molecular weight excluding hydrogens is 332 g/mol. The third-order valence-electron chi connectivity index (χ3n) is 4.75. The molecule has 7 nitrogen and oxygen atoms in total. The minimum absolute atomic E-state index is 0.0414. The standard InChI is InChI=1S/C16H24N2O5S/c1-10-8-11(2)15(24(20,21)22)12(3)14(10)18(17)7-5-6-13(9-18)16(19)23-4/h8,13H,5-7,9,17H2,1-4H3/p+1. The van der Waals surface area contributed by atoms with Gasteiger partial charge in [-0.05, 0) is 45.2 Å². The van der Waals surface area contributed by atoms with Crippen molar-refractivity contribution in [3.63, 3.8) is 0 Å². The Kier molecular flexibility index (Phi) is 5.06. The number of benzene rings is 1. The van der Waals surface area contributed by atoms with E-state index in [1.165, 1.54) is 7.11 Å². The van der Waals surface area contributed by atoms with Crippen molar-refractivity contribution in [2.24, 2.45) is 11.8 Å². The molecule has 2 unspecified atom stereocenters. The van der Waals surface area contributed by atoms with Crippen LogP contribution < -0.4 is 10.4 Å². The summed E-state index contributed by atoms with van der Waals surface area (Å²) in [5, 5.41) is 0. The molecule has 1 aromatic carbocycles. The van der Waals surface area contributed by atoms with Gasteiger partial charge >= 0.3 is 5.97 Å². The second-order valence-electron chi connectivity index (χ2n) is 6.59. The zero-order valence-corrected chi connectivity index (χ0v) is 15.3. The van der Waals surface area contributed by atoms with Gasteiger partial charge in [-0.2, -0.15) is 14.3 Å². The highest BCUT2D eigenvalue weighted by Crippen LogP contribution is 2.37. The second kappa shape index (κ2) is 6.44. The van der Waals surface area contributed by atoms with Crippen LogP contribution in [0.2, 0.25) is 0 Å². The minimum atomic E-state index is -4.36. The molecule has 0 bridgehead atoms. The molecule has 1 aliphatic rings. The second-order valence-corrected chi connectivity index (χ2v) is 7.95. The number of hydrogen-bond acceptors (Lipinski definition) is 5. The van der Waals surface area contributed by atoms with Gasteiger partial charge < -0.3 is 4.74 Å². The van der Waals surface area contributed by atoms with Crippen LogP contribution in [0.1, 0.15) is 29.5 Å². The van der Waals surface area contributed by atoms with E-state index in [9.17, 15) is 17.8 Å². The summed E-state index contributed by atoms with van der Waals surface area (Å²) in [5.41, 5.74) is 2.39. The molecule has 2 atom stereocenters. The van der Waals surface area contributed by atoms with Crippen LogP contribution in [0, 0.1) is 26.7 Å². The first kappa shape index (κ1) is 18.9. The average molecular weight is 357 g/mol. The smallest absolute Gasteiger partial charge is 0.314 e. The minimum Gasteiger partial charge on any atom is -0.469 e. The summed E-state index contributed by atoms with van der Waals surface area (Å²) in [6, 6.07) is 1.71. The zero-order valence-electron chi connectivity index (χ0n) is 14.5. The Hall–Kier alpha value is -1.48. The van der Waals surface area contributed by atoms with Crippen molar-refractivity contribution < 1.29 is 22.5 Å². The number of piperidine rings is 1. The van der Waals surface area contributed by atoms with Crippen molar-refractivity contribution >= 4 is 21.8 Å². The summed E-state index contributed by atoms with van der Waals surface area (Å²) in [7, 11) is -3.01. The molecule has 8 heteroatoms. The first-order chi connectivity index (χ1) is 11.0. The number of rotatable bonds is 3. The third kappa shape index (κ3) is 3.32. The van der Waals surface area contributed by atoms with Gasteiger partial charge in [0.1, 0.15) is 23.9 Å². The van der Waals surface area contributed by atoms with E-state index in [0.717, 1.165) is 12.0 Å². The lowest BCUT2D eigenvalue weighted by Gasteiger charge is -2.40. The topological polar surface area (TPSA) is 107 Å². The van der Waals surface area contributed by atoms with Crippen LogP contribution >= 0.6 is 0 Å². The van der Waals surface area contributed by atoms with E-state index in [0.29, 0.717) is 36.3 Å². The van der Waals surface area contributed by atoms with Gasteiger partial charge in [0.15, 0.2) is 5.69 Å². The zero-order chi connectivity index (χ0) is 18.3. The van der Waals surface area contributed by atoms with Crippen LogP contribution in [0.25, 0.3) is 0 Å². The quantitative estimate of drug-likeness (QED) is 0.368. The van der Waals surface area contributed by atoms with E-state index in [1.54, 1.807) is 19.9 Å². The lowest BCUT2D eigenvalue weighted by Crippen LogP contribution is -2.62. The SMILES string of the molecule is COC(=O)C1CCC[N+](N)(c2c(C)cc(C)c(S(=O)(=O)O)c2C)C1. The maximum absolute atomic E-state index is 11.9. The van der Waals surface area contributed by atoms with Crippen LogP contribution in [-0.2, 0) is 19.6 Å². The van der Waals surface area contributed by atoms with Gasteiger partial charge in [-0.3, -0.25) is 9.35 Å². The molecule has 1 saturated heterocycles. The van der Waals surface area contributed by atoms with Gasteiger partial charge in [0, 0.05) is 11.1 Å². The highest BCUT2D eigenvalue weighted by Gasteiger charge is 2.41. The molecule has 1 aromatic rings. The Bertz CT molecular complexity index is 775. The molecule has 0 aliphatic carbocycles. The van der Waals surface area contributed by atoms with Crippen molar-refractivity contribution in [2.75, 3.05) is 20.2 Å². The van der Waals surface area contributed by atoms with Crippen LogP contribution in [-0.4, -0.2) is 39.1 Å². The summed E-state index contributed by atoms with van der Waals surface area (Å²) in [5.74, 6) is 5.94. The molecule has 0 aromatic heterocycles. The Balaban J connectivity index is 2.61. The summed E-state index contributed by atoms with van der Waals surface area (Å²) in [4.78, 5) is 11.8. The third-order valence-corrected chi connectivity index (χ3v) is 5.90. The maximum atomic E-state index is 11.9. The predicted octanol–water partition coefficient (Wildman–Crippen LogP) is 1.62. The number of methoxy groups -OCH3 is 1. The summed E-state index contributed by atoms with van der Waals surface area (Å²) in [6.07, 6.45) is 1.42. The number of hydrogen-bond donors (Lipinski definition) is 2. The Morgan fingerprint density at radius 1 is 1.33 bits per heavy atom. The summed E-state index contributed by atoms with van der Waals surface area (Å²) >= 11 is 0. The van der Waals surface area contributed by atoms with Crippen molar-refractivity contribution in [3.8, 4) is 0 Å². The van der Waals surface area contributed by atoms with Gasteiger partial charge in [0.05, 0.1) is 7.11 Å². The van der Waals surface area contributed by atoms with Gasteiger partial charge in [-0.25, -0.2) is 4.59 Å². The number of carbonyl (C=O) groups is 1. The fourth-order valence-corrected chi connectivity index (χ4v) is 4.95. The lowest BCUT2D eigenvalue weighted by atomic mass is 9.94. The van der Waals surface area contributed by atoms with Gasteiger partial charge in [0.2, 0.25) is 0 Å². The van der Waals surface area contributed by atoms with E-state index in [1.807, 2.05) is 6.92 Å². The Morgan fingerprint density at radius 2 is 1.96 bits per heavy atom. The first-order valence-corrected chi connectivity index (χ1v) is 9.27. The predicted molar refractivity (Wildman–Crippen MR) is 90.9 cm³/mol. The molecule has 1 heterocycles. The van der Waals surface area contributed by atoms with Crippen LogP contribution in [0.5, 0.6) is 0 Å². The monoisotopic (exact) mass is 357 g/mol. The van der Waals surface area contributed by atoms with Gasteiger partial charge in [-0.15, -0.1) is 0 Å². The lowest BCUT2D eigenvalue weighted by molar-refractivity contribution is -0.147. The number of nitrogens with two attached hydrogens (primary N) is 1. The van der Waals surface area contributed by atoms with Crippen LogP contribution in [0.15, 0.2) is 11.0 Å².